The van der Waals surface area contributed by atoms with Crippen LogP contribution in [-0.2, 0) is 0 Å². The Morgan fingerprint density at radius 3 is 2.49 bits per heavy atom. The molecule has 218 valence electrons. The van der Waals surface area contributed by atoms with Crippen LogP contribution in [0.1, 0.15) is 51.4 Å². The summed E-state index contributed by atoms with van der Waals surface area (Å²) >= 11 is 0. The van der Waals surface area contributed by atoms with Crippen LogP contribution in [-0.4, -0.2) is 34.9 Å². The average Bonchev–Trinajstić information content (AvgIpc) is 3.42. The van der Waals surface area contributed by atoms with Crippen molar-refractivity contribution in [1.29, 1.82) is 0 Å². The van der Waals surface area contributed by atoms with Crippen molar-refractivity contribution in [2.24, 2.45) is 17.8 Å². The minimum atomic E-state index is -4.73. The maximum Gasteiger partial charge on any atom is 0.573 e. The Kier molecular flexibility index (Phi) is 7.52. The lowest BCUT2D eigenvalue weighted by atomic mass is 9.67. The number of non-ortho nitro benzene ring substituents is 1. The SMILES string of the molecule is O=[N+]([O-])c1ccc(N2C[C@H]3CC[C@@H]2[C@@H](C[C@@H]2CCCC[C@H]2Nc2ncc(-c4ccc(OC(F)(F)F)cc4)o2)C3)cc1. The third-order valence-electron chi connectivity index (χ3n) is 9.00. The fourth-order valence-corrected chi connectivity index (χ4v) is 7.17. The van der Waals surface area contributed by atoms with Gasteiger partial charge in [0.2, 0.25) is 0 Å². The Morgan fingerprint density at radius 2 is 1.78 bits per heavy atom. The van der Waals surface area contributed by atoms with Gasteiger partial charge in [-0.2, -0.15) is 0 Å². The highest BCUT2D eigenvalue weighted by Crippen LogP contribution is 2.46. The molecule has 3 aromatic rings. The summed E-state index contributed by atoms with van der Waals surface area (Å²) in [5, 5.41) is 14.6. The van der Waals surface area contributed by atoms with Crippen LogP contribution in [0.15, 0.2) is 59.1 Å². The van der Waals surface area contributed by atoms with Gasteiger partial charge < -0.3 is 19.4 Å². The monoisotopic (exact) mass is 570 g/mol. The van der Waals surface area contributed by atoms with Gasteiger partial charge in [0.1, 0.15) is 5.75 Å². The van der Waals surface area contributed by atoms with Gasteiger partial charge in [0.25, 0.3) is 11.7 Å². The first-order valence-corrected chi connectivity index (χ1v) is 14.3. The topological polar surface area (TPSA) is 93.7 Å². The molecule has 0 amide bonds. The van der Waals surface area contributed by atoms with Crippen LogP contribution in [0.5, 0.6) is 5.75 Å². The van der Waals surface area contributed by atoms with Crippen LogP contribution >= 0.6 is 0 Å². The fourth-order valence-electron chi connectivity index (χ4n) is 7.17. The molecule has 2 aliphatic heterocycles. The van der Waals surface area contributed by atoms with E-state index < -0.39 is 6.36 Å². The van der Waals surface area contributed by atoms with Crippen molar-refractivity contribution >= 4 is 17.4 Å². The summed E-state index contributed by atoms with van der Waals surface area (Å²) in [4.78, 5) is 17.6. The number of alkyl halides is 3. The summed E-state index contributed by atoms with van der Waals surface area (Å²) < 4.78 is 47.3. The van der Waals surface area contributed by atoms with Crippen LogP contribution in [0.4, 0.5) is 30.6 Å². The molecule has 7 rings (SSSR count). The number of anilines is 2. The van der Waals surface area contributed by atoms with Crippen molar-refractivity contribution in [2.45, 2.75) is 69.8 Å². The Labute approximate surface area is 236 Å². The zero-order valence-corrected chi connectivity index (χ0v) is 22.6. The highest BCUT2D eigenvalue weighted by atomic mass is 19.4. The van der Waals surface area contributed by atoms with Crippen LogP contribution in [0.3, 0.4) is 0 Å². The Balaban J connectivity index is 1.11. The normalized spacial score (nSPS) is 26.1. The molecule has 1 aromatic heterocycles. The largest absolute Gasteiger partial charge is 0.573 e. The predicted molar refractivity (Wildman–Crippen MR) is 148 cm³/mol. The molecule has 3 heterocycles. The number of halogens is 3. The molecule has 2 saturated carbocycles. The minimum Gasteiger partial charge on any atom is -0.424 e. The maximum absolute atomic E-state index is 12.5. The fraction of sp³-hybridized carbons (Fsp3) is 0.500. The van der Waals surface area contributed by atoms with Gasteiger partial charge in [-0.1, -0.05) is 12.8 Å². The van der Waals surface area contributed by atoms with Gasteiger partial charge in [0.05, 0.1) is 11.1 Å². The van der Waals surface area contributed by atoms with Crippen LogP contribution in [0.2, 0.25) is 0 Å². The molecule has 5 atom stereocenters. The molecule has 1 N–H and O–H groups in total. The van der Waals surface area contributed by atoms with Crippen molar-refractivity contribution in [3.8, 4) is 17.1 Å². The van der Waals surface area contributed by atoms with Gasteiger partial charge in [-0.05, 0) is 92.7 Å². The molecule has 2 aromatic carbocycles. The number of piperidine rings is 2. The number of ether oxygens (including phenoxy) is 1. The van der Waals surface area contributed by atoms with Gasteiger partial charge in [-0.25, -0.2) is 4.98 Å². The van der Waals surface area contributed by atoms with Gasteiger partial charge in [-0.3, -0.25) is 10.1 Å². The maximum atomic E-state index is 12.5. The first-order chi connectivity index (χ1) is 19.7. The molecule has 2 bridgehead atoms. The van der Waals surface area contributed by atoms with E-state index in [1.165, 1.54) is 43.5 Å². The van der Waals surface area contributed by atoms with Crippen molar-refractivity contribution in [3.05, 3.63) is 64.8 Å². The molecule has 4 aliphatic rings. The second kappa shape index (κ2) is 11.3. The number of hydrogen-bond acceptors (Lipinski definition) is 7. The smallest absolute Gasteiger partial charge is 0.424 e. The first kappa shape index (κ1) is 27.4. The molecule has 8 nitrogen and oxygen atoms in total. The van der Waals surface area contributed by atoms with E-state index in [-0.39, 0.29) is 22.4 Å². The third kappa shape index (κ3) is 6.28. The molecule has 11 heteroatoms. The Bertz CT molecular complexity index is 1350. The lowest BCUT2D eigenvalue weighted by Crippen LogP contribution is -2.54. The Morgan fingerprint density at radius 1 is 1.02 bits per heavy atom. The second-order valence-corrected chi connectivity index (χ2v) is 11.6. The molecule has 0 spiro atoms. The van der Waals surface area contributed by atoms with Crippen molar-refractivity contribution < 1.29 is 27.2 Å². The molecule has 0 unspecified atom stereocenters. The molecule has 0 radical (unpaired) electrons. The number of benzene rings is 2. The van der Waals surface area contributed by atoms with Crippen molar-refractivity contribution in [1.82, 2.24) is 4.98 Å². The molecular formula is C30H33F3N4O4. The number of oxazole rings is 1. The van der Waals surface area contributed by atoms with E-state index in [2.05, 4.69) is 19.9 Å². The number of aromatic nitrogens is 1. The standard InChI is InChI=1S/C30H33F3N4O4/c31-30(32,33)41-25-12-6-20(7-13-25)28-17-34-29(40-28)35-26-4-2-1-3-21(26)16-22-15-19-5-14-27(22)36(18-19)23-8-10-24(11-9-23)37(38)39/h6-13,17,19,21-22,26-27H,1-5,14-16,18H2,(H,34,35)/t19-,21-,22+,26+,27+/m0/s1. The quantitative estimate of drug-likeness (QED) is 0.218. The number of nitrogens with one attached hydrogen (secondary N) is 1. The molecule has 4 fully saturated rings. The first-order valence-electron chi connectivity index (χ1n) is 14.3. The summed E-state index contributed by atoms with van der Waals surface area (Å²) in [7, 11) is 0. The van der Waals surface area contributed by atoms with E-state index in [1.807, 2.05) is 12.1 Å². The van der Waals surface area contributed by atoms with Gasteiger partial charge >= 0.3 is 6.36 Å². The Hall–Kier alpha value is -3.76. The summed E-state index contributed by atoms with van der Waals surface area (Å²) in [6.45, 7) is 1.01. The van der Waals surface area contributed by atoms with Crippen LogP contribution < -0.4 is 15.0 Å². The van der Waals surface area contributed by atoms with E-state index in [4.69, 9.17) is 4.42 Å². The number of nitro groups is 1. The predicted octanol–water partition coefficient (Wildman–Crippen LogP) is 7.81. The third-order valence-corrected chi connectivity index (χ3v) is 9.00. The molecule has 2 aliphatic carbocycles. The summed E-state index contributed by atoms with van der Waals surface area (Å²) in [6.07, 6.45) is 6.05. The van der Waals surface area contributed by atoms with E-state index in [0.29, 0.717) is 41.1 Å². The number of hydrogen-bond donors (Lipinski definition) is 1. The number of nitro benzene ring substituents is 1. The van der Waals surface area contributed by atoms with Crippen LogP contribution in [0, 0.1) is 27.9 Å². The summed E-state index contributed by atoms with van der Waals surface area (Å²) in [6, 6.07) is 13.6. The van der Waals surface area contributed by atoms with E-state index in [0.717, 1.165) is 44.3 Å². The zero-order chi connectivity index (χ0) is 28.6. The lowest BCUT2D eigenvalue weighted by Gasteiger charge is -2.52. The van der Waals surface area contributed by atoms with E-state index >= 15 is 0 Å². The summed E-state index contributed by atoms with van der Waals surface area (Å²) in [5.74, 6) is 1.86. The number of rotatable bonds is 8. The van der Waals surface area contributed by atoms with Gasteiger partial charge in [0.15, 0.2) is 5.76 Å². The zero-order valence-electron chi connectivity index (χ0n) is 22.6. The van der Waals surface area contributed by atoms with Gasteiger partial charge in [-0.15, -0.1) is 13.2 Å². The van der Waals surface area contributed by atoms with Crippen LogP contribution in [0.25, 0.3) is 11.3 Å². The molecule has 41 heavy (non-hydrogen) atoms. The van der Waals surface area contributed by atoms with Crippen molar-refractivity contribution in [3.63, 3.8) is 0 Å². The number of nitrogens with zero attached hydrogens (tertiary/aromatic N) is 3. The highest BCUT2D eigenvalue weighted by molar-refractivity contribution is 5.58. The van der Waals surface area contributed by atoms with E-state index in [9.17, 15) is 23.3 Å². The minimum absolute atomic E-state index is 0.116. The highest BCUT2D eigenvalue weighted by Gasteiger charge is 2.42. The lowest BCUT2D eigenvalue weighted by molar-refractivity contribution is -0.384. The second-order valence-electron chi connectivity index (χ2n) is 11.6. The molecule has 2 saturated heterocycles. The van der Waals surface area contributed by atoms with E-state index in [1.54, 1.807) is 18.3 Å². The molecular weight excluding hydrogens is 537 g/mol. The average molecular weight is 571 g/mol. The van der Waals surface area contributed by atoms with Gasteiger partial charge in [0, 0.05) is 42.0 Å². The van der Waals surface area contributed by atoms with Crippen molar-refractivity contribution in [2.75, 3.05) is 16.8 Å². The number of fused-ring (bicyclic) bond motifs is 3. The summed E-state index contributed by atoms with van der Waals surface area (Å²) in [5.41, 5.74) is 1.80.